The van der Waals surface area contributed by atoms with Crippen LogP contribution in [0.2, 0.25) is 0 Å². The van der Waals surface area contributed by atoms with Crippen molar-refractivity contribution in [2.45, 2.75) is 4.90 Å². The maximum absolute atomic E-state index is 12.7. The first-order valence-electron chi connectivity index (χ1n) is 7.12. The van der Waals surface area contributed by atoms with Gasteiger partial charge in [0.05, 0.1) is 22.5 Å². The van der Waals surface area contributed by atoms with Gasteiger partial charge >= 0.3 is 5.69 Å². The van der Waals surface area contributed by atoms with E-state index in [-0.39, 0.29) is 48.5 Å². The molecule has 0 saturated carbocycles. The molecule has 9 nitrogen and oxygen atoms in total. The number of nitrogens with two attached hydrogens (primary N) is 1. The van der Waals surface area contributed by atoms with Gasteiger partial charge in [-0.2, -0.15) is 4.31 Å². The van der Waals surface area contributed by atoms with Gasteiger partial charge in [-0.05, 0) is 18.2 Å². The largest absolute Gasteiger partial charge is 0.339 e. The smallest absolute Gasteiger partial charge is 0.323 e. The molecule has 0 aliphatic carbocycles. The van der Waals surface area contributed by atoms with Gasteiger partial charge in [-0.3, -0.25) is 4.79 Å². The van der Waals surface area contributed by atoms with Gasteiger partial charge in [0.1, 0.15) is 0 Å². The fourth-order valence-corrected chi connectivity index (χ4v) is 4.08. The number of imidazole rings is 1. The minimum absolute atomic E-state index is 0. The number of amides is 1. The van der Waals surface area contributed by atoms with Gasteiger partial charge < -0.3 is 20.6 Å². The SMILES string of the molecule is Cl.NCC(=O)N1CCN(S(=O)(=O)c2ccc3[nH]c(=O)[nH]c3c2)CC1. The topological polar surface area (TPSA) is 132 Å². The van der Waals surface area contributed by atoms with Crippen molar-refractivity contribution in [3.63, 3.8) is 0 Å². The Hall–Kier alpha value is -1.88. The van der Waals surface area contributed by atoms with Crippen LogP contribution in [-0.4, -0.2) is 66.2 Å². The molecule has 132 valence electrons. The summed E-state index contributed by atoms with van der Waals surface area (Å²) in [5.41, 5.74) is 5.91. The second-order valence-electron chi connectivity index (χ2n) is 5.28. The van der Waals surface area contributed by atoms with E-state index in [1.165, 1.54) is 16.4 Å². The summed E-state index contributed by atoms with van der Waals surface area (Å²) in [4.78, 5) is 29.6. The summed E-state index contributed by atoms with van der Waals surface area (Å²) in [5.74, 6) is -0.187. The maximum atomic E-state index is 12.7. The number of hydrogen-bond donors (Lipinski definition) is 3. The lowest BCUT2D eigenvalue weighted by molar-refractivity contribution is -0.130. The van der Waals surface area contributed by atoms with Crippen molar-refractivity contribution in [3.8, 4) is 0 Å². The molecule has 0 bridgehead atoms. The van der Waals surface area contributed by atoms with E-state index in [4.69, 9.17) is 5.73 Å². The minimum Gasteiger partial charge on any atom is -0.339 e. The van der Waals surface area contributed by atoms with Crippen molar-refractivity contribution in [1.29, 1.82) is 0 Å². The number of piperazine rings is 1. The number of halogens is 1. The molecule has 1 aliphatic rings. The van der Waals surface area contributed by atoms with Gasteiger partial charge in [0, 0.05) is 26.2 Å². The lowest BCUT2D eigenvalue weighted by atomic mass is 10.3. The van der Waals surface area contributed by atoms with E-state index in [1.54, 1.807) is 11.0 Å². The summed E-state index contributed by atoms with van der Waals surface area (Å²) in [6.07, 6.45) is 0. The average molecular weight is 376 g/mol. The molecule has 1 aromatic heterocycles. The number of hydrogen-bond acceptors (Lipinski definition) is 5. The second-order valence-corrected chi connectivity index (χ2v) is 7.21. The van der Waals surface area contributed by atoms with Crippen molar-refractivity contribution in [2.75, 3.05) is 32.7 Å². The Bertz CT molecular complexity index is 898. The van der Waals surface area contributed by atoms with Crippen LogP contribution in [0.4, 0.5) is 0 Å². The minimum atomic E-state index is -3.67. The van der Waals surface area contributed by atoms with Crippen molar-refractivity contribution in [2.24, 2.45) is 5.73 Å². The molecule has 24 heavy (non-hydrogen) atoms. The van der Waals surface area contributed by atoms with E-state index in [9.17, 15) is 18.0 Å². The molecule has 2 aromatic rings. The van der Waals surface area contributed by atoms with Crippen LogP contribution in [0.5, 0.6) is 0 Å². The van der Waals surface area contributed by atoms with Gasteiger partial charge in [-0.1, -0.05) is 0 Å². The van der Waals surface area contributed by atoms with Crippen molar-refractivity contribution >= 4 is 39.4 Å². The second kappa shape index (κ2) is 6.93. The highest BCUT2D eigenvalue weighted by atomic mass is 35.5. The van der Waals surface area contributed by atoms with Crippen LogP contribution in [0, 0.1) is 0 Å². The van der Waals surface area contributed by atoms with E-state index < -0.39 is 10.0 Å². The van der Waals surface area contributed by atoms with Crippen LogP contribution in [0.25, 0.3) is 11.0 Å². The Morgan fingerprint density at radius 2 is 1.75 bits per heavy atom. The molecule has 3 rings (SSSR count). The zero-order valence-electron chi connectivity index (χ0n) is 12.7. The summed E-state index contributed by atoms with van der Waals surface area (Å²) in [5, 5.41) is 0. The molecule has 0 unspecified atom stereocenters. The maximum Gasteiger partial charge on any atom is 0.323 e. The standard InChI is InChI=1S/C13H17N5O4S.ClH/c14-8-12(19)17-3-5-18(6-4-17)23(21,22)9-1-2-10-11(7-9)16-13(20)15-10;/h1-2,7H,3-6,8,14H2,(H2,15,16,20);1H. The van der Waals surface area contributed by atoms with E-state index >= 15 is 0 Å². The number of aromatic amines is 2. The molecule has 1 aromatic carbocycles. The molecule has 1 fully saturated rings. The Morgan fingerprint density at radius 1 is 1.12 bits per heavy atom. The Labute approximate surface area is 144 Å². The summed E-state index contributed by atoms with van der Waals surface area (Å²) in [6.45, 7) is 0.993. The molecular weight excluding hydrogens is 358 g/mol. The fraction of sp³-hybridized carbons (Fsp3) is 0.385. The first kappa shape index (κ1) is 18.5. The number of nitrogens with zero attached hydrogens (tertiary/aromatic N) is 2. The van der Waals surface area contributed by atoms with Gasteiger partial charge in [0.2, 0.25) is 15.9 Å². The Kier molecular flexibility index (Phi) is 5.33. The first-order chi connectivity index (χ1) is 10.9. The number of rotatable bonds is 3. The van der Waals surface area contributed by atoms with Crippen LogP contribution in [0.1, 0.15) is 0 Å². The van der Waals surface area contributed by atoms with Gasteiger partial charge in [0.25, 0.3) is 0 Å². The molecule has 4 N–H and O–H groups in total. The van der Waals surface area contributed by atoms with Gasteiger partial charge in [-0.25, -0.2) is 13.2 Å². The Morgan fingerprint density at radius 3 is 2.38 bits per heavy atom. The molecule has 1 saturated heterocycles. The van der Waals surface area contributed by atoms with Gasteiger partial charge in [-0.15, -0.1) is 12.4 Å². The molecule has 0 atom stereocenters. The summed E-state index contributed by atoms with van der Waals surface area (Å²) in [7, 11) is -3.67. The molecule has 1 aliphatic heterocycles. The number of benzene rings is 1. The number of carbonyl (C=O) groups is 1. The van der Waals surface area contributed by atoms with Crippen LogP contribution in [-0.2, 0) is 14.8 Å². The fourth-order valence-electron chi connectivity index (χ4n) is 2.63. The number of sulfonamides is 1. The van der Waals surface area contributed by atoms with Crippen molar-refractivity contribution in [3.05, 3.63) is 28.7 Å². The number of nitrogens with one attached hydrogen (secondary N) is 2. The highest BCUT2D eigenvalue weighted by Crippen LogP contribution is 2.20. The predicted molar refractivity (Wildman–Crippen MR) is 90.6 cm³/mol. The molecular formula is C13H18ClN5O4S. The van der Waals surface area contributed by atoms with Crippen molar-refractivity contribution < 1.29 is 13.2 Å². The summed E-state index contributed by atoms with van der Waals surface area (Å²) < 4.78 is 26.7. The zero-order valence-corrected chi connectivity index (χ0v) is 14.3. The number of carbonyl (C=O) groups excluding carboxylic acids is 1. The van der Waals surface area contributed by atoms with Crippen LogP contribution in [0.15, 0.2) is 27.9 Å². The molecule has 0 spiro atoms. The summed E-state index contributed by atoms with van der Waals surface area (Å²) >= 11 is 0. The van der Waals surface area contributed by atoms with Crippen LogP contribution < -0.4 is 11.4 Å². The summed E-state index contributed by atoms with van der Waals surface area (Å²) in [6, 6.07) is 4.44. The normalized spacial score (nSPS) is 16.1. The predicted octanol–water partition coefficient (Wildman–Crippen LogP) is -0.930. The molecule has 2 heterocycles. The molecule has 1 amide bonds. The molecule has 11 heteroatoms. The number of fused-ring (bicyclic) bond motifs is 1. The van der Waals surface area contributed by atoms with E-state index in [2.05, 4.69) is 9.97 Å². The third-order valence-electron chi connectivity index (χ3n) is 3.89. The lowest BCUT2D eigenvalue weighted by Crippen LogP contribution is -2.51. The molecule has 0 radical (unpaired) electrons. The van der Waals surface area contributed by atoms with E-state index in [0.717, 1.165) is 0 Å². The van der Waals surface area contributed by atoms with Crippen LogP contribution >= 0.6 is 12.4 Å². The monoisotopic (exact) mass is 375 g/mol. The van der Waals surface area contributed by atoms with E-state index in [0.29, 0.717) is 24.1 Å². The highest BCUT2D eigenvalue weighted by Gasteiger charge is 2.29. The van der Waals surface area contributed by atoms with E-state index in [1.807, 2.05) is 0 Å². The van der Waals surface area contributed by atoms with Gasteiger partial charge in [0.15, 0.2) is 0 Å². The number of aromatic nitrogens is 2. The third-order valence-corrected chi connectivity index (χ3v) is 5.79. The van der Waals surface area contributed by atoms with Crippen LogP contribution in [0.3, 0.4) is 0 Å². The Balaban J connectivity index is 0.00000208. The first-order valence-corrected chi connectivity index (χ1v) is 8.56. The quantitative estimate of drug-likeness (QED) is 0.637. The zero-order chi connectivity index (χ0) is 16.6. The lowest BCUT2D eigenvalue weighted by Gasteiger charge is -2.33. The van der Waals surface area contributed by atoms with Crippen molar-refractivity contribution in [1.82, 2.24) is 19.2 Å². The number of H-pyrrole nitrogens is 2. The third kappa shape index (κ3) is 3.31. The average Bonchev–Trinajstić information content (AvgIpc) is 2.93. The highest BCUT2D eigenvalue weighted by molar-refractivity contribution is 7.89.